The number of ether oxygens (including phenoxy) is 1. The van der Waals surface area contributed by atoms with Crippen molar-refractivity contribution in [2.75, 3.05) is 6.54 Å². The number of nitrogens with one attached hydrogen (secondary N) is 1. The van der Waals surface area contributed by atoms with Crippen molar-refractivity contribution < 1.29 is 19.4 Å². The molecule has 0 aliphatic heterocycles. The highest BCUT2D eigenvalue weighted by Crippen LogP contribution is 2.19. The van der Waals surface area contributed by atoms with Crippen LogP contribution in [0.15, 0.2) is 54.6 Å². The lowest BCUT2D eigenvalue weighted by atomic mass is 10.0. The average Bonchev–Trinajstić information content (AvgIpc) is 2.55. The molecular formula is C17H17NO4. The van der Waals surface area contributed by atoms with Gasteiger partial charge < -0.3 is 20.0 Å². The fraction of sp³-hybridized carbons (Fsp3) is 0.176. The van der Waals surface area contributed by atoms with Crippen molar-refractivity contribution in [3.05, 3.63) is 65.7 Å². The van der Waals surface area contributed by atoms with Gasteiger partial charge in [0.05, 0.1) is 5.92 Å². The lowest BCUT2D eigenvalue weighted by molar-refractivity contribution is -0.108. The van der Waals surface area contributed by atoms with Crippen molar-refractivity contribution in [1.29, 1.82) is 0 Å². The predicted octanol–water partition coefficient (Wildman–Crippen LogP) is 2.82. The van der Waals surface area contributed by atoms with E-state index in [0.29, 0.717) is 12.4 Å². The summed E-state index contributed by atoms with van der Waals surface area (Å²) in [5, 5.41) is 10.8. The smallest absolute Gasteiger partial charge is 0.404 e. The SMILES string of the molecule is O=CC(CNC(=O)O)c1ccc(OCc2ccccc2)cc1. The van der Waals surface area contributed by atoms with Gasteiger partial charge in [-0.3, -0.25) is 0 Å². The molecule has 0 heterocycles. The summed E-state index contributed by atoms with van der Waals surface area (Å²) in [7, 11) is 0. The van der Waals surface area contributed by atoms with Crippen LogP contribution in [-0.4, -0.2) is 24.0 Å². The summed E-state index contributed by atoms with van der Waals surface area (Å²) in [6, 6.07) is 16.9. The molecule has 5 heteroatoms. The van der Waals surface area contributed by atoms with Gasteiger partial charge in [-0.15, -0.1) is 0 Å². The predicted molar refractivity (Wildman–Crippen MR) is 82.0 cm³/mol. The van der Waals surface area contributed by atoms with Crippen LogP contribution in [0, 0.1) is 0 Å². The standard InChI is InChI=1S/C17H17NO4/c19-11-15(10-18-17(20)21)14-6-8-16(9-7-14)22-12-13-4-2-1-3-5-13/h1-9,11,15,18H,10,12H2,(H,20,21). The zero-order valence-electron chi connectivity index (χ0n) is 11.9. The number of benzene rings is 2. The molecule has 2 rings (SSSR count). The van der Waals surface area contributed by atoms with Crippen LogP contribution >= 0.6 is 0 Å². The molecular weight excluding hydrogens is 282 g/mol. The van der Waals surface area contributed by atoms with Gasteiger partial charge in [0, 0.05) is 6.54 Å². The normalized spacial score (nSPS) is 11.5. The Morgan fingerprint density at radius 1 is 1.14 bits per heavy atom. The van der Waals surface area contributed by atoms with Gasteiger partial charge in [0.15, 0.2) is 0 Å². The Morgan fingerprint density at radius 3 is 2.41 bits per heavy atom. The molecule has 5 nitrogen and oxygen atoms in total. The van der Waals surface area contributed by atoms with Crippen LogP contribution in [0.5, 0.6) is 5.75 Å². The highest BCUT2D eigenvalue weighted by atomic mass is 16.5. The van der Waals surface area contributed by atoms with Crippen LogP contribution in [-0.2, 0) is 11.4 Å². The number of carboxylic acid groups (broad SMARTS) is 1. The zero-order chi connectivity index (χ0) is 15.8. The number of carbonyl (C=O) groups is 2. The first kappa shape index (κ1) is 15.6. The summed E-state index contributed by atoms with van der Waals surface area (Å²) in [6.07, 6.45) is -0.412. The Balaban J connectivity index is 1.94. The second-order valence-corrected chi connectivity index (χ2v) is 4.77. The van der Waals surface area contributed by atoms with E-state index in [9.17, 15) is 9.59 Å². The number of aldehydes is 1. The molecule has 0 saturated heterocycles. The van der Waals surface area contributed by atoms with Crippen molar-refractivity contribution >= 4 is 12.4 Å². The fourth-order valence-corrected chi connectivity index (χ4v) is 1.99. The maximum Gasteiger partial charge on any atom is 0.404 e. The van der Waals surface area contributed by atoms with E-state index in [1.54, 1.807) is 24.3 Å². The van der Waals surface area contributed by atoms with Gasteiger partial charge >= 0.3 is 6.09 Å². The molecule has 0 aromatic heterocycles. The van der Waals surface area contributed by atoms with E-state index in [1.165, 1.54) is 0 Å². The topological polar surface area (TPSA) is 75.6 Å². The number of rotatable bonds is 7. The monoisotopic (exact) mass is 299 g/mol. The maximum absolute atomic E-state index is 11.0. The first-order valence-electron chi connectivity index (χ1n) is 6.88. The summed E-state index contributed by atoms with van der Waals surface area (Å²) in [6.45, 7) is 0.529. The van der Waals surface area contributed by atoms with Crippen LogP contribution < -0.4 is 10.1 Å². The molecule has 0 aliphatic rings. The number of hydrogen-bond acceptors (Lipinski definition) is 3. The Kier molecular flexibility index (Phi) is 5.54. The first-order valence-corrected chi connectivity index (χ1v) is 6.88. The van der Waals surface area contributed by atoms with Gasteiger partial charge in [-0.1, -0.05) is 42.5 Å². The molecule has 0 saturated carbocycles. The molecule has 2 aromatic carbocycles. The fourth-order valence-electron chi connectivity index (χ4n) is 1.99. The molecule has 2 N–H and O–H groups in total. The molecule has 2 aromatic rings. The third-order valence-corrected chi connectivity index (χ3v) is 3.19. The maximum atomic E-state index is 11.0. The van der Waals surface area contributed by atoms with Crippen molar-refractivity contribution in [2.45, 2.75) is 12.5 Å². The lowest BCUT2D eigenvalue weighted by Gasteiger charge is -2.12. The minimum atomic E-state index is -1.14. The van der Waals surface area contributed by atoms with E-state index < -0.39 is 12.0 Å². The molecule has 0 aliphatic carbocycles. The van der Waals surface area contributed by atoms with E-state index in [0.717, 1.165) is 17.4 Å². The van der Waals surface area contributed by atoms with E-state index in [2.05, 4.69) is 5.32 Å². The molecule has 22 heavy (non-hydrogen) atoms. The van der Waals surface area contributed by atoms with Gasteiger partial charge in [-0.2, -0.15) is 0 Å². The van der Waals surface area contributed by atoms with Gasteiger partial charge in [0.25, 0.3) is 0 Å². The Hall–Kier alpha value is -2.82. The summed E-state index contributed by atoms with van der Waals surface area (Å²) >= 11 is 0. The molecule has 0 fully saturated rings. The van der Waals surface area contributed by atoms with Crippen molar-refractivity contribution in [2.24, 2.45) is 0 Å². The zero-order valence-corrected chi connectivity index (χ0v) is 11.9. The minimum Gasteiger partial charge on any atom is -0.489 e. The minimum absolute atomic E-state index is 0.0586. The highest BCUT2D eigenvalue weighted by molar-refractivity contribution is 5.67. The quantitative estimate of drug-likeness (QED) is 0.771. The molecule has 0 spiro atoms. The van der Waals surface area contributed by atoms with Crippen LogP contribution in [0.4, 0.5) is 4.79 Å². The summed E-state index contributed by atoms with van der Waals surface area (Å²) in [5.74, 6) is 0.197. The first-order chi connectivity index (χ1) is 10.7. The van der Waals surface area contributed by atoms with Gasteiger partial charge in [0.2, 0.25) is 0 Å². The van der Waals surface area contributed by atoms with Crippen LogP contribution in [0.1, 0.15) is 17.0 Å². The Morgan fingerprint density at radius 2 is 1.82 bits per heavy atom. The number of carbonyl (C=O) groups excluding carboxylic acids is 1. The van der Waals surface area contributed by atoms with Gasteiger partial charge in [-0.05, 0) is 23.3 Å². The van der Waals surface area contributed by atoms with Crippen molar-refractivity contribution in [3.63, 3.8) is 0 Å². The van der Waals surface area contributed by atoms with Crippen molar-refractivity contribution in [1.82, 2.24) is 5.32 Å². The molecule has 0 radical (unpaired) electrons. The summed E-state index contributed by atoms with van der Waals surface area (Å²) in [5.41, 5.74) is 1.82. The molecule has 114 valence electrons. The number of hydrogen-bond donors (Lipinski definition) is 2. The molecule has 1 amide bonds. The third-order valence-electron chi connectivity index (χ3n) is 3.19. The Bertz CT molecular complexity index is 610. The molecule has 1 atom stereocenters. The summed E-state index contributed by atoms with van der Waals surface area (Å²) < 4.78 is 5.66. The largest absolute Gasteiger partial charge is 0.489 e. The second kappa shape index (κ2) is 7.83. The van der Waals surface area contributed by atoms with E-state index in [1.807, 2.05) is 30.3 Å². The molecule has 0 bridgehead atoms. The van der Waals surface area contributed by atoms with Crippen LogP contribution in [0.3, 0.4) is 0 Å². The second-order valence-electron chi connectivity index (χ2n) is 4.77. The van der Waals surface area contributed by atoms with Gasteiger partial charge in [-0.25, -0.2) is 4.79 Å². The van der Waals surface area contributed by atoms with Crippen molar-refractivity contribution in [3.8, 4) is 5.75 Å². The average molecular weight is 299 g/mol. The summed E-state index contributed by atoms with van der Waals surface area (Å²) in [4.78, 5) is 21.5. The Labute approximate surface area is 128 Å². The van der Waals surface area contributed by atoms with Crippen LogP contribution in [0.25, 0.3) is 0 Å². The third kappa shape index (κ3) is 4.63. The van der Waals surface area contributed by atoms with Gasteiger partial charge in [0.1, 0.15) is 18.6 Å². The van der Waals surface area contributed by atoms with E-state index >= 15 is 0 Å². The lowest BCUT2D eigenvalue weighted by Crippen LogP contribution is -2.27. The van der Waals surface area contributed by atoms with E-state index in [-0.39, 0.29) is 6.54 Å². The van der Waals surface area contributed by atoms with Crippen LogP contribution in [0.2, 0.25) is 0 Å². The number of amides is 1. The molecule has 1 unspecified atom stereocenters. The van der Waals surface area contributed by atoms with E-state index in [4.69, 9.17) is 9.84 Å². The highest BCUT2D eigenvalue weighted by Gasteiger charge is 2.11.